The van der Waals surface area contributed by atoms with E-state index in [-0.39, 0.29) is 11.9 Å². The van der Waals surface area contributed by atoms with Crippen LogP contribution in [0.2, 0.25) is 0 Å². The van der Waals surface area contributed by atoms with E-state index in [1.165, 1.54) is 0 Å². The Kier molecular flexibility index (Phi) is 6.01. The molecule has 0 unspecified atom stereocenters. The highest BCUT2D eigenvalue weighted by Crippen LogP contribution is 2.14. The summed E-state index contributed by atoms with van der Waals surface area (Å²) in [6, 6.07) is 6.97. The molecule has 7 heteroatoms. The van der Waals surface area contributed by atoms with Gasteiger partial charge in [0.25, 0.3) is 10.2 Å². The van der Waals surface area contributed by atoms with Crippen LogP contribution in [0.25, 0.3) is 0 Å². The molecule has 1 aliphatic heterocycles. The number of carbonyl (C=O) groups excluding carboxylic acids is 1. The fourth-order valence-electron chi connectivity index (χ4n) is 2.61. The van der Waals surface area contributed by atoms with Gasteiger partial charge in [-0.05, 0) is 50.8 Å². The number of nitrogens with one attached hydrogen (secondary N) is 2. The van der Waals surface area contributed by atoms with E-state index >= 15 is 0 Å². The number of hydrogen-bond acceptors (Lipinski definition) is 3. The van der Waals surface area contributed by atoms with E-state index < -0.39 is 10.2 Å². The lowest BCUT2D eigenvalue weighted by atomic mass is 10.1. The first kappa shape index (κ1) is 17.7. The Morgan fingerprint density at radius 2 is 1.78 bits per heavy atom. The summed E-state index contributed by atoms with van der Waals surface area (Å²) in [6.45, 7) is 5.28. The standard InChI is InChI=1S/C16H25N3O3S/c1-13(2)17-23(21,22)18-15-8-5-14(6-9-15)7-10-16(20)19-11-3-4-12-19/h5-6,8-9,13,17-18H,3-4,7,10-12H2,1-2H3. The quantitative estimate of drug-likeness (QED) is 0.796. The summed E-state index contributed by atoms with van der Waals surface area (Å²) in [5.74, 6) is 0.202. The molecule has 1 aliphatic rings. The second-order valence-corrected chi connectivity index (χ2v) is 7.61. The molecule has 2 rings (SSSR count). The van der Waals surface area contributed by atoms with Crippen molar-refractivity contribution in [2.75, 3.05) is 17.8 Å². The van der Waals surface area contributed by atoms with Gasteiger partial charge in [0, 0.05) is 31.2 Å². The van der Waals surface area contributed by atoms with E-state index in [4.69, 9.17) is 0 Å². The highest BCUT2D eigenvalue weighted by atomic mass is 32.2. The van der Waals surface area contributed by atoms with Crippen LogP contribution in [0.1, 0.15) is 38.7 Å². The molecule has 0 spiro atoms. The molecule has 0 aliphatic carbocycles. The van der Waals surface area contributed by atoms with Gasteiger partial charge in [-0.1, -0.05) is 12.1 Å². The van der Waals surface area contributed by atoms with Gasteiger partial charge >= 0.3 is 0 Å². The largest absolute Gasteiger partial charge is 0.343 e. The van der Waals surface area contributed by atoms with Crippen molar-refractivity contribution in [2.24, 2.45) is 0 Å². The molecular weight excluding hydrogens is 314 g/mol. The van der Waals surface area contributed by atoms with Gasteiger partial charge in [-0.2, -0.15) is 13.1 Å². The van der Waals surface area contributed by atoms with Gasteiger partial charge in [0.2, 0.25) is 5.91 Å². The molecule has 0 bridgehead atoms. The van der Waals surface area contributed by atoms with E-state index in [1.807, 2.05) is 17.0 Å². The molecular formula is C16H25N3O3S. The van der Waals surface area contributed by atoms with Crippen LogP contribution in [-0.4, -0.2) is 38.4 Å². The first-order chi connectivity index (χ1) is 10.9. The van der Waals surface area contributed by atoms with Crippen molar-refractivity contribution in [3.8, 4) is 0 Å². The Balaban J connectivity index is 1.85. The fourth-order valence-corrected chi connectivity index (χ4v) is 3.74. The summed E-state index contributed by atoms with van der Waals surface area (Å²) in [5.41, 5.74) is 1.53. The van der Waals surface area contributed by atoms with Crippen molar-refractivity contribution >= 4 is 21.8 Å². The molecule has 128 valence electrons. The van der Waals surface area contributed by atoms with Crippen LogP contribution in [0, 0.1) is 0 Å². The topological polar surface area (TPSA) is 78.5 Å². The van der Waals surface area contributed by atoms with Gasteiger partial charge in [-0.25, -0.2) is 0 Å². The Labute approximate surface area is 138 Å². The minimum absolute atomic E-state index is 0.164. The van der Waals surface area contributed by atoms with Crippen LogP contribution in [0.3, 0.4) is 0 Å². The highest BCUT2D eigenvalue weighted by Gasteiger charge is 2.17. The summed E-state index contributed by atoms with van der Waals surface area (Å²) >= 11 is 0. The van der Waals surface area contributed by atoms with Gasteiger partial charge in [-0.15, -0.1) is 0 Å². The molecule has 0 saturated carbocycles. The average molecular weight is 339 g/mol. The van der Waals surface area contributed by atoms with Crippen LogP contribution in [0.4, 0.5) is 5.69 Å². The minimum atomic E-state index is -3.54. The molecule has 1 saturated heterocycles. The first-order valence-corrected chi connectivity index (χ1v) is 9.51. The monoisotopic (exact) mass is 339 g/mol. The van der Waals surface area contributed by atoms with Gasteiger partial charge in [0.15, 0.2) is 0 Å². The second kappa shape index (κ2) is 7.79. The van der Waals surface area contributed by atoms with Crippen LogP contribution >= 0.6 is 0 Å². The van der Waals surface area contributed by atoms with E-state index in [9.17, 15) is 13.2 Å². The van der Waals surface area contributed by atoms with Crippen LogP contribution in [0.15, 0.2) is 24.3 Å². The lowest BCUT2D eigenvalue weighted by molar-refractivity contribution is -0.130. The number of benzene rings is 1. The maximum Gasteiger partial charge on any atom is 0.299 e. The van der Waals surface area contributed by atoms with Crippen molar-refractivity contribution in [2.45, 2.75) is 45.6 Å². The van der Waals surface area contributed by atoms with Gasteiger partial charge in [-0.3, -0.25) is 9.52 Å². The number of nitrogens with zero attached hydrogens (tertiary/aromatic N) is 1. The molecule has 1 heterocycles. The van der Waals surface area contributed by atoms with Crippen LogP contribution in [-0.2, 0) is 21.4 Å². The predicted molar refractivity (Wildman–Crippen MR) is 91.4 cm³/mol. The number of hydrogen-bond donors (Lipinski definition) is 2. The third-order valence-corrected chi connectivity index (χ3v) is 4.97. The van der Waals surface area contributed by atoms with E-state index in [2.05, 4.69) is 9.44 Å². The third kappa shape index (κ3) is 5.84. The number of anilines is 1. The summed E-state index contributed by atoms with van der Waals surface area (Å²) < 4.78 is 28.5. The molecule has 1 amide bonds. The SMILES string of the molecule is CC(C)NS(=O)(=O)Nc1ccc(CCC(=O)N2CCCC2)cc1. The second-order valence-electron chi connectivity index (χ2n) is 6.16. The van der Waals surface area contributed by atoms with E-state index in [0.717, 1.165) is 31.5 Å². The molecule has 1 aromatic rings. The zero-order valence-electron chi connectivity index (χ0n) is 13.7. The maximum atomic E-state index is 12.0. The lowest BCUT2D eigenvalue weighted by Crippen LogP contribution is -2.35. The van der Waals surface area contributed by atoms with E-state index in [1.54, 1.807) is 26.0 Å². The molecule has 1 aromatic carbocycles. The van der Waals surface area contributed by atoms with Crippen molar-refractivity contribution < 1.29 is 13.2 Å². The van der Waals surface area contributed by atoms with Crippen molar-refractivity contribution in [3.05, 3.63) is 29.8 Å². The summed E-state index contributed by atoms with van der Waals surface area (Å²) in [7, 11) is -3.54. The maximum absolute atomic E-state index is 12.0. The first-order valence-electron chi connectivity index (χ1n) is 8.02. The van der Waals surface area contributed by atoms with Crippen LogP contribution in [0.5, 0.6) is 0 Å². The predicted octanol–water partition coefficient (Wildman–Crippen LogP) is 1.90. The molecule has 0 atom stereocenters. The lowest BCUT2D eigenvalue weighted by Gasteiger charge is -2.15. The van der Waals surface area contributed by atoms with Crippen LogP contribution < -0.4 is 9.44 Å². The highest BCUT2D eigenvalue weighted by molar-refractivity contribution is 7.90. The zero-order valence-corrected chi connectivity index (χ0v) is 14.5. The number of carbonyl (C=O) groups is 1. The fraction of sp³-hybridized carbons (Fsp3) is 0.562. The molecule has 0 radical (unpaired) electrons. The van der Waals surface area contributed by atoms with E-state index in [0.29, 0.717) is 18.5 Å². The summed E-state index contributed by atoms with van der Waals surface area (Å²) in [4.78, 5) is 13.9. The zero-order chi connectivity index (χ0) is 16.9. The van der Waals surface area contributed by atoms with Crippen molar-refractivity contribution in [1.29, 1.82) is 0 Å². The molecule has 23 heavy (non-hydrogen) atoms. The molecule has 0 aromatic heterocycles. The minimum Gasteiger partial charge on any atom is -0.343 e. The molecule has 1 fully saturated rings. The summed E-state index contributed by atoms with van der Waals surface area (Å²) in [6.07, 6.45) is 3.38. The normalized spacial score (nSPS) is 15.2. The van der Waals surface area contributed by atoms with Crippen molar-refractivity contribution in [1.82, 2.24) is 9.62 Å². The summed E-state index contributed by atoms with van der Waals surface area (Å²) in [5, 5.41) is 0. The number of amides is 1. The Bertz CT molecular complexity index is 620. The Morgan fingerprint density at radius 1 is 1.17 bits per heavy atom. The number of rotatable bonds is 7. The molecule has 2 N–H and O–H groups in total. The molecule has 6 nitrogen and oxygen atoms in total. The Hall–Kier alpha value is -1.60. The van der Waals surface area contributed by atoms with Gasteiger partial charge < -0.3 is 4.90 Å². The average Bonchev–Trinajstić information content (AvgIpc) is 2.98. The number of likely N-dealkylation sites (tertiary alicyclic amines) is 1. The Morgan fingerprint density at radius 3 is 2.35 bits per heavy atom. The third-order valence-electron chi connectivity index (χ3n) is 3.68. The van der Waals surface area contributed by atoms with Crippen molar-refractivity contribution in [3.63, 3.8) is 0 Å². The van der Waals surface area contributed by atoms with Gasteiger partial charge in [0.05, 0.1) is 0 Å². The van der Waals surface area contributed by atoms with Gasteiger partial charge in [0.1, 0.15) is 0 Å². The number of aryl methyl sites for hydroxylation is 1. The smallest absolute Gasteiger partial charge is 0.299 e.